The van der Waals surface area contributed by atoms with Gasteiger partial charge < -0.3 is 10.0 Å². The predicted molar refractivity (Wildman–Crippen MR) is 99.5 cm³/mol. The number of hydrogen-bond acceptors (Lipinski definition) is 5. The Morgan fingerprint density at radius 3 is 2.56 bits per heavy atom. The van der Waals surface area contributed by atoms with Gasteiger partial charge in [-0.2, -0.15) is 4.31 Å². The number of nitrogens with zero attached hydrogens (tertiary/aromatic N) is 3. The fourth-order valence-electron chi connectivity index (χ4n) is 4.30. The van der Waals surface area contributed by atoms with E-state index in [4.69, 9.17) is 0 Å². The van der Waals surface area contributed by atoms with Crippen LogP contribution in [0.3, 0.4) is 0 Å². The molecule has 0 unspecified atom stereocenters. The van der Waals surface area contributed by atoms with Crippen LogP contribution in [0, 0.1) is 11.8 Å². The first-order chi connectivity index (χ1) is 12.8. The van der Waals surface area contributed by atoms with Gasteiger partial charge in [-0.15, -0.1) is 0 Å². The summed E-state index contributed by atoms with van der Waals surface area (Å²) >= 11 is 0. The molecule has 2 aromatic rings. The number of carbonyl (C=O) groups excluding carboxylic acids is 1. The molecule has 0 spiro atoms. The van der Waals surface area contributed by atoms with E-state index in [1.165, 1.54) is 24.7 Å². The largest absolute Gasteiger partial charge is 0.506 e. The normalized spacial score (nSPS) is 25.5. The third-order valence-corrected chi connectivity index (χ3v) is 6.68. The zero-order valence-corrected chi connectivity index (χ0v) is 15.7. The number of hydrogen-bond donors (Lipinski definition) is 1. The van der Waals surface area contributed by atoms with Crippen LogP contribution in [0.5, 0.6) is 5.75 Å². The van der Waals surface area contributed by atoms with E-state index in [0.717, 1.165) is 5.56 Å². The molecule has 2 fully saturated rings. The summed E-state index contributed by atoms with van der Waals surface area (Å²) in [5.74, 6) is -0.119. The van der Waals surface area contributed by atoms with Crippen LogP contribution in [0.15, 0.2) is 48.8 Å². The third kappa shape index (κ3) is 3.30. The molecule has 2 saturated heterocycles. The van der Waals surface area contributed by atoms with Crippen LogP contribution < -0.4 is 0 Å². The highest BCUT2D eigenvalue weighted by molar-refractivity contribution is 7.88. The number of sulfonamides is 1. The van der Waals surface area contributed by atoms with Gasteiger partial charge in [0.2, 0.25) is 10.0 Å². The number of aromatic hydroxyl groups is 1. The smallest absolute Gasteiger partial charge is 0.255 e. The molecule has 2 aliphatic rings. The second-order valence-electron chi connectivity index (χ2n) is 7.25. The first-order valence-electron chi connectivity index (χ1n) is 8.79. The molecule has 1 aromatic carbocycles. The van der Waals surface area contributed by atoms with Crippen LogP contribution in [0.4, 0.5) is 0 Å². The van der Waals surface area contributed by atoms with Gasteiger partial charge in [0.1, 0.15) is 5.75 Å². The number of amides is 1. The monoisotopic (exact) mass is 387 g/mol. The van der Waals surface area contributed by atoms with Gasteiger partial charge in [-0.1, -0.05) is 30.3 Å². The van der Waals surface area contributed by atoms with Crippen molar-refractivity contribution in [3.63, 3.8) is 0 Å². The lowest BCUT2D eigenvalue weighted by Crippen LogP contribution is -2.37. The molecule has 8 heteroatoms. The Balaban J connectivity index is 1.62. The molecule has 0 aliphatic carbocycles. The lowest BCUT2D eigenvalue weighted by Gasteiger charge is -2.28. The van der Waals surface area contributed by atoms with E-state index in [1.54, 1.807) is 9.21 Å². The van der Waals surface area contributed by atoms with Crippen molar-refractivity contribution in [3.05, 3.63) is 59.9 Å². The summed E-state index contributed by atoms with van der Waals surface area (Å²) in [4.78, 5) is 18.4. The Morgan fingerprint density at radius 1 is 1.15 bits per heavy atom. The molecule has 1 aromatic heterocycles. The average Bonchev–Trinajstić information content (AvgIpc) is 3.19. The quantitative estimate of drug-likeness (QED) is 0.862. The summed E-state index contributed by atoms with van der Waals surface area (Å²) in [6.45, 7) is 1.38. The summed E-state index contributed by atoms with van der Waals surface area (Å²) in [6.07, 6.45) is 3.96. The molecule has 1 amide bonds. The van der Waals surface area contributed by atoms with E-state index in [1.807, 2.05) is 30.3 Å². The number of rotatable bonds is 3. The van der Waals surface area contributed by atoms with Crippen molar-refractivity contribution in [1.29, 1.82) is 0 Å². The molecule has 3 atom stereocenters. The fourth-order valence-corrected chi connectivity index (χ4v) is 5.46. The molecule has 4 rings (SSSR count). The molecule has 27 heavy (non-hydrogen) atoms. The summed E-state index contributed by atoms with van der Waals surface area (Å²) in [6, 6.07) is 10.7. The van der Waals surface area contributed by atoms with Crippen molar-refractivity contribution < 1.29 is 18.3 Å². The van der Waals surface area contributed by atoms with Crippen molar-refractivity contribution in [2.75, 3.05) is 25.9 Å². The average molecular weight is 387 g/mol. The number of fused-ring (bicyclic) bond motifs is 1. The zero-order valence-electron chi connectivity index (χ0n) is 14.9. The summed E-state index contributed by atoms with van der Waals surface area (Å²) < 4.78 is 26.2. The second-order valence-corrected chi connectivity index (χ2v) is 9.19. The fraction of sp³-hybridized carbons (Fsp3) is 0.368. The van der Waals surface area contributed by atoms with Gasteiger partial charge in [0, 0.05) is 31.7 Å². The van der Waals surface area contributed by atoms with Crippen LogP contribution in [0.2, 0.25) is 0 Å². The number of benzene rings is 1. The van der Waals surface area contributed by atoms with E-state index in [2.05, 4.69) is 4.98 Å². The maximum Gasteiger partial charge on any atom is 0.255 e. The van der Waals surface area contributed by atoms with Crippen molar-refractivity contribution in [3.8, 4) is 5.75 Å². The lowest BCUT2D eigenvalue weighted by molar-refractivity contribution is 0.0773. The highest BCUT2D eigenvalue weighted by Crippen LogP contribution is 2.46. The topological polar surface area (TPSA) is 90.8 Å². The summed E-state index contributed by atoms with van der Waals surface area (Å²) in [7, 11) is -3.35. The van der Waals surface area contributed by atoms with Gasteiger partial charge >= 0.3 is 0 Å². The molecule has 0 saturated carbocycles. The standard InChI is InChI=1S/C19H21N3O4S/c1-27(25,26)22-11-15-10-21(19(24)14-7-16(23)9-20-8-14)12-17(15)18(22)13-5-3-2-4-6-13/h2-9,15,17-18,23H,10-12H2,1H3/t15-,17-,18+/m1/s1. The minimum Gasteiger partial charge on any atom is -0.506 e. The Bertz CT molecular complexity index is 964. The summed E-state index contributed by atoms with van der Waals surface area (Å²) in [5.41, 5.74) is 1.29. The van der Waals surface area contributed by atoms with E-state index in [0.29, 0.717) is 25.2 Å². The molecule has 7 nitrogen and oxygen atoms in total. The molecule has 3 heterocycles. The van der Waals surface area contributed by atoms with Gasteiger partial charge in [-0.25, -0.2) is 8.42 Å². The minimum absolute atomic E-state index is 0.0383. The van der Waals surface area contributed by atoms with E-state index in [9.17, 15) is 18.3 Å². The zero-order chi connectivity index (χ0) is 19.2. The van der Waals surface area contributed by atoms with Crippen molar-refractivity contribution in [2.45, 2.75) is 6.04 Å². The number of likely N-dealkylation sites (tertiary alicyclic amines) is 1. The predicted octanol–water partition coefficient (Wildman–Crippen LogP) is 1.49. The Kier molecular flexibility index (Phi) is 4.39. The second kappa shape index (κ2) is 6.61. The Labute approximate surface area is 158 Å². The highest BCUT2D eigenvalue weighted by atomic mass is 32.2. The molecule has 2 aliphatic heterocycles. The van der Waals surface area contributed by atoms with Crippen molar-refractivity contribution in [2.24, 2.45) is 11.8 Å². The number of carbonyl (C=O) groups is 1. The van der Waals surface area contributed by atoms with E-state index >= 15 is 0 Å². The highest BCUT2D eigenvalue weighted by Gasteiger charge is 2.51. The SMILES string of the molecule is CS(=O)(=O)N1C[C@H]2CN(C(=O)c3cncc(O)c3)C[C@H]2[C@@H]1c1ccccc1. The van der Waals surface area contributed by atoms with Crippen molar-refractivity contribution >= 4 is 15.9 Å². The molecule has 0 bridgehead atoms. The van der Waals surface area contributed by atoms with Crippen LogP contribution in [-0.2, 0) is 10.0 Å². The van der Waals surface area contributed by atoms with Gasteiger partial charge in [-0.05, 0) is 17.5 Å². The molecule has 0 radical (unpaired) electrons. The number of aromatic nitrogens is 1. The first kappa shape index (κ1) is 17.9. The molecule has 1 N–H and O–H groups in total. The van der Waals surface area contributed by atoms with Crippen molar-refractivity contribution in [1.82, 2.24) is 14.2 Å². The van der Waals surface area contributed by atoms with Gasteiger partial charge in [0.05, 0.1) is 24.1 Å². The Hall–Kier alpha value is -2.45. The lowest BCUT2D eigenvalue weighted by atomic mass is 9.90. The van der Waals surface area contributed by atoms with Gasteiger partial charge in [0.25, 0.3) is 5.91 Å². The summed E-state index contributed by atoms with van der Waals surface area (Å²) in [5, 5.41) is 9.57. The third-order valence-electron chi connectivity index (χ3n) is 5.45. The number of pyridine rings is 1. The van der Waals surface area contributed by atoms with Crippen LogP contribution in [0.25, 0.3) is 0 Å². The van der Waals surface area contributed by atoms with Crippen LogP contribution in [0.1, 0.15) is 22.0 Å². The van der Waals surface area contributed by atoms with Gasteiger partial charge in [0.15, 0.2) is 0 Å². The maximum absolute atomic E-state index is 12.8. The van der Waals surface area contributed by atoms with Crippen LogP contribution >= 0.6 is 0 Å². The van der Waals surface area contributed by atoms with Gasteiger partial charge in [-0.3, -0.25) is 9.78 Å². The molecular weight excluding hydrogens is 366 g/mol. The molecule has 142 valence electrons. The first-order valence-corrected chi connectivity index (χ1v) is 10.6. The van der Waals surface area contributed by atoms with E-state index in [-0.39, 0.29) is 29.5 Å². The molecular formula is C19H21N3O4S. The Morgan fingerprint density at radius 2 is 1.89 bits per heavy atom. The van der Waals surface area contributed by atoms with E-state index < -0.39 is 10.0 Å². The van der Waals surface area contributed by atoms with Crippen LogP contribution in [-0.4, -0.2) is 59.5 Å². The maximum atomic E-state index is 12.8. The minimum atomic E-state index is -3.35.